The molecule has 0 unspecified atom stereocenters. The van der Waals surface area contributed by atoms with Crippen LogP contribution in [0.25, 0.3) is 10.9 Å². The molecule has 122 valence electrons. The molecule has 0 aliphatic rings. The zero-order chi connectivity index (χ0) is 17.1. The van der Waals surface area contributed by atoms with E-state index in [1.807, 2.05) is 55.5 Å². The number of hydrogen-bond donors (Lipinski definition) is 1. The van der Waals surface area contributed by atoms with Gasteiger partial charge in [0.15, 0.2) is 0 Å². The molecule has 1 aromatic heterocycles. The van der Waals surface area contributed by atoms with Crippen LogP contribution in [0.4, 0.5) is 5.69 Å². The lowest BCUT2D eigenvalue weighted by molar-refractivity contribution is 0.102. The highest BCUT2D eigenvalue weighted by Crippen LogP contribution is 2.21. The summed E-state index contributed by atoms with van der Waals surface area (Å²) >= 11 is 0. The van der Waals surface area contributed by atoms with Crippen LogP contribution in [0, 0.1) is 6.92 Å². The van der Waals surface area contributed by atoms with Crippen molar-refractivity contribution in [2.45, 2.75) is 12.7 Å². The van der Waals surface area contributed by atoms with Gasteiger partial charge in [0.05, 0.1) is 5.52 Å². The van der Waals surface area contributed by atoms with Crippen LogP contribution >= 0.6 is 0 Å². The van der Waals surface area contributed by atoms with Crippen LogP contribution in [-0.2, 0) is 16.6 Å². The first-order valence-electron chi connectivity index (χ1n) is 7.60. The standard InChI is InChI=1S/C19H18N2O2S/c1-13-15(12-24(2)23)7-5-9-16(13)21-19(22)18-11-10-14-6-3-4-8-17(14)20-18/h3-11H,12H2,1-2H3,(H,21,22)/t24-/m0/s1. The topological polar surface area (TPSA) is 59.1 Å². The first-order valence-corrected chi connectivity index (χ1v) is 9.33. The van der Waals surface area contributed by atoms with E-state index in [0.717, 1.165) is 27.7 Å². The van der Waals surface area contributed by atoms with Gasteiger partial charge in [-0.1, -0.05) is 36.4 Å². The Bertz CT molecular complexity index is 938. The number of rotatable bonds is 4. The SMILES string of the molecule is Cc1c(C[S@](C)=O)cccc1NC(=O)c1ccc2ccccc2n1. The number of carbonyl (C=O) groups excluding carboxylic acids is 1. The van der Waals surface area contributed by atoms with E-state index >= 15 is 0 Å². The molecule has 0 aliphatic heterocycles. The van der Waals surface area contributed by atoms with E-state index < -0.39 is 10.8 Å². The summed E-state index contributed by atoms with van der Waals surface area (Å²) in [5.41, 5.74) is 3.79. The summed E-state index contributed by atoms with van der Waals surface area (Å²) in [7, 11) is -0.925. The number of carbonyl (C=O) groups is 1. The molecule has 1 heterocycles. The molecule has 3 rings (SSSR count). The molecule has 0 fully saturated rings. The minimum Gasteiger partial charge on any atom is -0.320 e. The third-order valence-electron chi connectivity index (χ3n) is 3.88. The van der Waals surface area contributed by atoms with Gasteiger partial charge in [0.2, 0.25) is 0 Å². The van der Waals surface area contributed by atoms with Gasteiger partial charge in [-0.3, -0.25) is 9.00 Å². The van der Waals surface area contributed by atoms with Crippen LogP contribution in [0.15, 0.2) is 54.6 Å². The van der Waals surface area contributed by atoms with Gasteiger partial charge in [-0.05, 0) is 36.2 Å². The van der Waals surface area contributed by atoms with Crippen molar-refractivity contribution in [2.24, 2.45) is 0 Å². The number of pyridine rings is 1. The predicted molar refractivity (Wildman–Crippen MR) is 98.6 cm³/mol. The smallest absolute Gasteiger partial charge is 0.274 e. The van der Waals surface area contributed by atoms with E-state index in [-0.39, 0.29) is 5.91 Å². The molecular formula is C19H18N2O2S. The van der Waals surface area contributed by atoms with Crippen molar-refractivity contribution in [3.8, 4) is 0 Å². The van der Waals surface area contributed by atoms with Crippen LogP contribution in [-0.4, -0.2) is 21.4 Å². The molecule has 0 saturated carbocycles. The summed E-state index contributed by atoms with van der Waals surface area (Å²) in [6.45, 7) is 1.92. The van der Waals surface area contributed by atoms with E-state index in [0.29, 0.717) is 11.4 Å². The summed E-state index contributed by atoms with van der Waals surface area (Å²) in [5, 5.41) is 3.90. The fourth-order valence-corrected chi connectivity index (χ4v) is 3.32. The van der Waals surface area contributed by atoms with E-state index in [9.17, 15) is 9.00 Å². The van der Waals surface area contributed by atoms with Crippen LogP contribution in [0.3, 0.4) is 0 Å². The van der Waals surface area contributed by atoms with Crippen molar-refractivity contribution in [2.75, 3.05) is 11.6 Å². The first kappa shape index (κ1) is 16.3. The normalized spacial score (nSPS) is 12.1. The number of nitrogens with zero attached hydrogens (tertiary/aromatic N) is 1. The number of anilines is 1. The third-order valence-corrected chi connectivity index (χ3v) is 4.60. The van der Waals surface area contributed by atoms with E-state index in [1.54, 1.807) is 12.3 Å². The minimum atomic E-state index is -0.925. The van der Waals surface area contributed by atoms with Gasteiger partial charge in [-0.15, -0.1) is 0 Å². The molecule has 0 spiro atoms. The van der Waals surface area contributed by atoms with E-state index in [2.05, 4.69) is 10.3 Å². The highest BCUT2D eigenvalue weighted by Gasteiger charge is 2.12. The van der Waals surface area contributed by atoms with Crippen LogP contribution in [0.1, 0.15) is 21.6 Å². The molecule has 0 aliphatic carbocycles. The Balaban J connectivity index is 1.87. The quantitative estimate of drug-likeness (QED) is 0.789. The zero-order valence-corrected chi connectivity index (χ0v) is 14.4. The summed E-state index contributed by atoms with van der Waals surface area (Å²) in [6, 6.07) is 16.9. The number of amides is 1. The molecule has 0 bridgehead atoms. The predicted octanol–water partition coefficient (Wildman–Crippen LogP) is 3.67. The Morgan fingerprint density at radius 2 is 1.88 bits per heavy atom. The average Bonchev–Trinajstić information content (AvgIpc) is 2.57. The molecule has 1 N–H and O–H groups in total. The van der Waals surface area contributed by atoms with Crippen LogP contribution in [0.2, 0.25) is 0 Å². The molecule has 2 aromatic carbocycles. The van der Waals surface area contributed by atoms with Gasteiger partial charge >= 0.3 is 0 Å². The molecule has 1 atom stereocenters. The monoisotopic (exact) mass is 338 g/mol. The van der Waals surface area contributed by atoms with Gasteiger partial charge in [0, 0.05) is 33.9 Å². The molecular weight excluding hydrogens is 320 g/mol. The second-order valence-electron chi connectivity index (χ2n) is 5.65. The second kappa shape index (κ2) is 6.93. The lowest BCUT2D eigenvalue weighted by Crippen LogP contribution is -2.15. The van der Waals surface area contributed by atoms with Crippen molar-refractivity contribution in [1.82, 2.24) is 4.98 Å². The maximum absolute atomic E-state index is 12.5. The lowest BCUT2D eigenvalue weighted by atomic mass is 10.1. The summed E-state index contributed by atoms with van der Waals surface area (Å²) in [6.07, 6.45) is 1.67. The average molecular weight is 338 g/mol. The number of benzene rings is 2. The molecule has 0 saturated heterocycles. The summed E-state index contributed by atoms with van der Waals surface area (Å²) < 4.78 is 11.5. The van der Waals surface area contributed by atoms with E-state index in [1.165, 1.54) is 0 Å². The van der Waals surface area contributed by atoms with Crippen molar-refractivity contribution in [3.63, 3.8) is 0 Å². The maximum atomic E-state index is 12.5. The highest BCUT2D eigenvalue weighted by atomic mass is 32.2. The van der Waals surface area contributed by atoms with Crippen molar-refractivity contribution in [1.29, 1.82) is 0 Å². The van der Waals surface area contributed by atoms with Crippen molar-refractivity contribution < 1.29 is 9.00 Å². The van der Waals surface area contributed by atoms with Gasteiger partial charge in [0.1, 0.15) is 5.69 Å². The molecule has 3 aromatic rings. The van der Waals surface area contributed by atoms with Gasteiger partial charge in [0.25, 0.3) is 5.91 Å². The summed E-state index contributed by atoms with van der Waals surface area (Å²) in [4.78, 5) is 16.9. The summed E-state index contributed by atoms with van der Waals surface area (Å²) in [5.74, 6) is 0.225. The van der Waals surface area contributed by atoms with Crippen molar-refractivity contribution >= 4 is 33.3 Å². The van der Waals surface area contributed by atoms with E-state index in [4.69, 9.17) is 0 Å². The third kappa shape index (κ3) is 3.51. The lowest BCUT2D eigenvalue weighted by Gasteiger charge is -2.12. The molecule has 5 heteroatoms. The Morgan fingerprint density at radius 3 is 2.67 bits per heavy atom. The minimum absolute atomic E-state index is 0.251. The number of aromatic nitrogens is 1. The van der Waals surface area contributed by atoms with Crippen LogP contribution < -0.4 is 5.32 Å². The number of hydrogen-bond acceptors (Lipinski definition) is 3. The second-order valence-corrected chi connectivity index (χ2v) is 7.09. The fourth-order valence-electron chi connectivity index (χ4n) is 2.57. The largest absolute Gasteiger partial charge is 0.320 e. The molecule has 24 heavy (non-hydrogen) atoms. The maximum Gasteiger partial charge on any atom is 0.274 e. The fraction of sp³-hybridized carbons (Fsp3) is 0.158. The van der Waals surface area contributed by atoms with Gasteiger partial charge in [-0.25, -0.2) is 4.98 Å². The Hall–Kier alpha value is -2.53. The Kier molecular flexibility index (Phi) is 4.71. The van der Waals surface area contributed by atoms with Gasteiger partial charge in [-0.2, -0.15) is 0 Å². The Labute approximate surface area is 143 Å². The number of para-hydroxylation sites is 1. The zero-order valence-electron chi connectivity index (χ0n) is 13.6. The Morgan fingerprint density at radius 1 is 1.08 bits per heavy atom. The van der Waals surface area contributed by atoms with Crippen molar-refractivity contribution in [3.05, 3.63) is 71.4 Å². The molecule has 0 radical (unpaired) electrons. The first-order chi connectivity index (χ1) is 11.5. The highest BCUT2D eigenvalue weighted by molar-refractivity contribution is 7.83. The number of nitrogens with one attached hydrogen (secondary N) is 1. The number of fused-ring (bicyclic) bond motifs is 1. The molecule has 1 amide bonds. The molecule has 4 nitrogen and oxygen atoms in total. The van der Waals surface area contributed by atoms with Crippen LogP contribution in [0.5, 0.6) is 0 Å². The van der Waals surface area contributed by atoms with Gasteiger partial charge < -0.3 is 5.32 Å².